The first-order valence-electron chi connectivity index (χ1n) is 7.44. The molecule has 0 aromatic heterocycles. The molecule has 2 nitrogen and oxygen atoms in total. The van der Waals surface area contributed by atoms with Gasteiger partial charge in [0.1, 0.15) is 0 Å². The number of nitrogens with one attached hydrogen (secondary N) is 1. The molecule has 0 aliphatic heterocycles. The third-order valence-electron chi connectivity index (χ3n) is 3.01. The molecule has 0 spiro atoms. The maximum Gasteiger partial charge on any atom is 0.0716 e. The van der Waals surface area contributed by atoms with E-state index in [1.807, 2.05) is 0 Å². The van der Waals surface area contributed by atoms with Crippen LogP contribution in [0.25, 0.3) is 0 Å². The molecule has 0 aliphatic carbocycles. The van der Waals surface area contributed by atoms with E-state index in [0.717, 1.165) is 38.6 Å². The van der Waals surface area contributed by atoms with Crippen LogP contribution in [0.3, 0.4) is 0 Å². The van der Waals surface area contributed by atoms with Crippen LogP contribution in [0.1, 0.15) is 45.2 Å². The maximum absolute atomic E-state index is 5.67. The highest BCUT2D eigenvalue weighted by molar-refractivity contribution is 5.21. The van der Waals surface area contributed by atoms with Crippen molar-refractivity contribution in [1.82, 2.24) is 5.32 Å². The minimum atomic E-state index is 0.702. The lowest BCUT2D eigenvalue weighted by Gasteiger charge is -2.09. The van der Waals surface area contributed by atoms with E-state index in [1.54, 1.807) is 0 Å². The largest absolute Gasteiger partial charge is 0.377 e. The zero-order valence-electron chi connectivity index (χ0n) is 12.9. The first-order valence-corrected chi connectivity index (χ1v) is 7.44. The number of hydrogen-bond acceptors (Lipinski definition) is 2. The Kier molecular flexibility index (Phi) is 7.76. The van der Waals surface area contributed by atoms with Gasteiger partial charge >= 0.3 is 0 Å². The van der Waals surface area contributed by atoms with E-state index >= 15 is 0 Å². The summed E-state index contributed by atoms with van der Waals surface area (Å²) < 4.78 is 5.67. The van der Waals surface area contributed by atoms with Crippen molar-refractivity contribution in [3.05, 3.63) is 35.4 Å². The first-order chi connectivity index (χ1) is 9.08. The molecule has 0 atom stereocenters. The van der Waals surface area contributed by atoms with Crippen LogP contribution < -0.4 is 5.32 Å². The summed E-state index contributed by atoms with van der Waals surface area (Å²) in [5.41, 5.74) is 2.60. The highest BCUT2D eigenvalue weighted by Gasteiger charge is 1.98. The Morgan fingerprint density at radius 1 is 0.947 bits per heavy atom. The molecule has 0 bridgehead atoms. The molecule has 19 heavy (non-hydrogen) atoms. The average Bonchev–Trinajstić information content (AvgIpc) is 2.36. The fourth-order valence-corrected chi connectivity index (χ4v) is 1.77. The minimum Gasteiger partial charge on any atom is -0.377 e. The molecule has 1 N–H and O–H groups in total. The number of ether oxygens (including phenoxy) is 1. The van der Waals surface area contributed by atoms with E-state index in [9.17, 15) is 0 Å². The summed E-state index contributed by atoms with van der Waals surface area (Å²) >= 11 is 0. The van der Waals surface area contributed by atoms with Crippen LogP contribution in [-0.4, -0.2) is 13.2 Å². The Morgan fingerprint density at radius 3 is 2.16 bits per heavy atom. The SMILES string of the molecule is CC(C)CCOCc1ccc(CNCC(C)C)cc1. The molecular formula is C17H29NO. The molecule has 0 unspecified atom stereocenters. The van der Waals surface area contributed by atoms with Crippen molar-refractivity contribution in [3.63, 3.8) is 0 Å². The molecule has 0 amide bonds. The zero-order chi connectivity index (χ0) is 14.1. The fraction of sp³-hybridized carbons (Fsp3) is 0.647. The summed E-state index contributed by atoms with van der Waals surface area (Å²) in [5, 5.41) is 3.45. The van der Waals surface area contributed by atoms with E-state index < -0.39 is 0 Å². The molecule has 0 heterocycles. The summed E-state index contributed by atoms with van der Waals surface area (Å²) in [6.07, 6.45) is 1.14. The molecule has 2 heteroatoms. The summed E-state index contributed by atoms with van der Waals surface area (Å²) in [4.78, 5) is 0. The number of rotatable bonds is 9. The molecule has 0 radical (unpaired) electrons. The van der Waals surface area contributed by atoms with Crippen molar-refractivity contribution >= 4 is 0 Å². The van der Waals surface area contributed by atoms with Gasteiger partial charge in [-0.2, -0.15) is 0 Å². The highest BCUT2D eigenvalue weighted by Crippen LogP contribution is 2.07. The van der Waals surface area contributed by atoms with Crippen molar-refractivity contribution < 1.29 is 4.74 Å². The van der Waals surface area contributed by atoms with Gasteiger partial charge < -0.3 is 10.1 Å². The Morgan fingerprint density at radius 2 is 1.58 bits per heavy atom. The average molecular weight is 263 g/mol. The Balaban J connectivity index is 2.23. The van der Waals surface area contributed by atoms with Crippen LogP contribution in [0.5, 0.6) is 0 Å². The smallest absolute Gasteiger partial charge is 0.0716 e. The van der Waals surface area contributed by atoms with Crippen molar-refractivity contribution in [2.45, 2.75) is 47.3 Å². The van der Waals surface area contributed by atoms with Gasteiger partial charge in [-0.1, -0.05) is 52.0 Å². The third kappa shape index (κ3) is 8.02. The van der Waals surface area contributed by atoms with Gasteiger partial charge in [0.05, 0.1) is 6.61 Å². The standard InChI is InChI=1S/C17H29NO/c1-14(2)9-10-19-13-17-7-5-16(6-8-17)12-18-11-15(3)4/h5-8,14-15,18H,9-13H2,1-4H3. The monoisotopic (exact) mass is 263 g/mol. The van der Waals surface area contributed by atoms with Crippen LogP contribution in [-0.2, 0) is 17.9 Å². The quantitative estimate of drug-likeness (QED) is 0.680. The predicted octanol–water partition coefficient (Wildman–Crippen LogP) is 3.99. The van der Waals surface area contributed by atoms with Gasteiger partial charge in [0, 0.05) is 13.2 Å². The third-order valence-corrected chi connectivity index (χ3v) is 3.01. The second-order valence-corrected chi connectivity index (χ2v) is 6.08. The summed E-state index contributed by atoms with van der Waals surface area (Å²) in [5.74, 6) is 1.42. The lowest BCUT2D eigenvalue weighted by atomic mass is 10.1. The Labute approximate surface area is 118 Å². The normalized spacial score (nSPS) is 11.5. The van der Waals surface area contributed by atoms with E-state index in [1.165, 1.54) is 11.1 Å². The van der Waals surface area contributed by atoms with Crippen molar-refractivity contribution in [2.24, 2.45) is 11.8 Å². The Hall–Kier alpha value is -0.860. The molecule has 1 rings (SSSR count). The van der Waals surface area contributed by atoms with Gasteiger partial charge in [0.2, 0.25) is 0 Å². The van der Waals surface area contributed by atoms with Gasteiger partial charge in [-0.3, -0.25) is 0 Å². The van der Waals surface area contributed by atoms with Crippen molar-refractivity contribution in [2.75, 3.05) is 13.2 Å². The number of benzene rings is 1. The number of hydrogen-bond donors (Lipinski definition) is 1. The van der Waals surface area contributed by atoms with Crippen LogP contribution >= 0.6 is 0 Å². The predicted molar refractivity (Wildman–Crippen MR) is 82.1 cm³/mol. The molecule has 0 saturated heterocycles. The molecule has 1 aromatic carbocycles. The van der Waals surface area contributed by atoms with Crippen LogP contribution in [0.4, 0.5) is 0 Å². The van der Waals surface area contributed by atoms with Crippen molar-refractivity contribution in [1.29, 1.82) is 0 Å². The van der Waals surface area contributed by atoms with Crippen LogP contribution in [0.15, 0.2) is 24.3 Å². The van der Waals surface area contributed by atoms with Crippen molar-refractivity contribution in [3.8, 4) is 0 Å². The maximum atomic E-state index is 5.67. The van der Waals surface area contributed by atoms with Gasteiger partial charge in [-0.15, -0.1) is 0 Å². The van der Waals surface area contributed by atoms with Crippen LogP contribution in [0.2, 0.25) is 0 Å². The summed E-state index contributed by atoms with van der Waals surface area (Å²) in [7, 11) is 0. The molecule has 1 aromatic rings. The lowest BCUT2D eigenvalue weighted by Crippen LogP contribution is -2.18. The van der Waals surface area contributed by atoms with E-state index in [-0.39, 0.29) is 0 Å². The van der Waals surface area contributed by atoms with Gasteiger partial charge in [-0.05, 0) is 35.9 Å². The highest BCUT2D eigenvalue weighted by atomic mass is 16.5. The molecule has 0 saturated carbocycles. The molecule has 0 fully saturated rings. The molecule has 0 aliphatic rings. The van der Waals surface area contributed by atoms with Gasteiger partial charge in [-0.25, -0.2) is 0 Å². The van der Waals surface area contributed by atoms with E-state index in [0.29, 0.717) is 5.92 Å². The van der Waals surface area contributed by atoms with E-state index in [4.69, 9.17) is 4.74 Å². The lowest BCUT2D eigenvalue weighted by molar-refractivity contribution is 0.110. The fourth-order valence-electron chi connectivity index (χ4n) is 1.77. The first kappa shape index (κ1) is 16.2. The zero-order valence-corrected chi connectivity index (χ0v) is 12.9. The van der Waals surface area contributed by atoms with Crippen LogP contribution in [0, 0.1) is 11.8 Å². The molecule has 108 valence electrons. The summed E-state index contributed by atoms with van der Waals surface area (Å²) in [6, 6.07) is 8.71. The second kappa shape index (κ2) is 9.11. The minimum absolute atomic E-state index is 0.702. The molecular weight excluding hydrogens is 234 g/mol. The van der Waals surface area contributed by atoms with Gasteiger partial charge in [0.25, 0.3) is 0 Å². The second-order valence-electron chi connectivity index (χ2n) is 6.08. The van der Waals surface area contributed by atoms with E-state index in [2.05, 4.69) is 57.3 Å². The topological polar surface area (TPSA) is 21.3 Å². The summed E-state index contributed by atoms with van der Waals surface area (Å²) in [6.45, 7) is 12.5. The van der Waals surface area contributed by atoms with Gasteiger partial charge in [0.15, 0.2) is 0 Å². The Bertz CT molecular complexity index is 330.